The first kappa shape index (κ1) is 19.2. The minimum Gasteiger partial charge on any atom is -0.388 e. The highest BCUT2D eigenvalue weighted by Crippen LogP contribution is 2.36. The van der Waals surface area contributed by atoms with Crippen molar-refractivity contribution in [1.29, 1.82) is 0 Å². The van der Waals surface area contributed by atoms with Crippen LogP contribution in [0.4, 0.5) is 29.0 Å². The molecule has 2 heterocycles. The molecule has 11 heteroatoms. The molecule has 2 aromatic heterocycles. The van der Waals surface area contributed by atoms with Gasteiger partial charge in [0.2, 0.25) is 11.9 Å². The number of nitrogens with one attached hydrogen (secondary N) is 2. The molecule has 0 aliphatic heterocycles. The molecule has 4 aromatic rings. The second-order valence-corrected chi connectivity index (χ2v) is 6.95. The number of nitrogens with two attached hydrogens (primary N) is 1. The normalized spacial score (nSPS) is 10.6. The lowest BCUT2D eigenvalue weighted by molar-refractivity contribution is -0.384. The number of hydrogen-bond donors (Lipinski definition) is 3. The summed E-state index contributed by atoms with van der Waals surface area (Å²) in [5, 5.41) is 17.1. The largest absolute Gasteiger partial charge is 0.388 e. The predicted octanol–water partition coefficient (Wildman–Crippen LogP) is 3.94. The quantitative estimate of drug-likeness (QED) is 0.312. The highest BCUT2D eigenvalue weighted by Gasteiger charge is 2.18. The molecule has 0 radical (unpaired) electrons. The number of hydrogen-bond acceptors (Lipinski definition) is 10. The van der Waals surface area contributed by atoms with E-state index in [1.807, 2.05) is 31.3 Å². The van der Waals surface area contributed by atoms with E-state index < -0.39 is 4.92 Å². The van der Waals surface area contributed by atoms with Crippen LogP contribution in [0, 0.1) is 10.1 Å². The van der Waals surface area contributed by atoms with Crippen LogP contribution in [0.3, 0.4) is 0 Å². The van der Waals surface area contributed by atoms with Crippen LogP contribution >= 0.6 is 11.3 Å². The van der Waals surface area contributed by atoms with Gasteiger partial charge in [-0.3, -0.25) is 10.1 Å². The maximum atomic E-state index is 11.0. The first-order chi connectivity index (χ1) is 14.5. The summed E-state index contributed by atoms with van der Waals surface area (Å²) in [5.41, 5.74) is 10.6. The fourth-order valence-corrected chi connectivity index (χ4v) is 3.61. The third kappa shape index (κ3) is 3.86. The van der Waals surface area contributed by atoms with Gasteiger partial charge in [-0.25, -0.2) is 4.98 Å². The van der Waals surface area contributed by atoms with Gasteiger partial charge in [-0.15, -0.1) is 11.3 Å². The van der Waals surface area contributed by atoms with Gasteiger partial charge >= 0.3 is 0 Å². The van der Waals surface area contributed by atoms with E-state index in [0.717, 1.165) is 21.8 Å². The molecule has 0 saturated carbocycles. The number of nitrogens with zero attached hydrogens (tertiary/aromatic N) is 5. The molecule has 0 aliphatic carbocycles. The van der Waals surface area contributed by atoms with Gasteiger partial charge in [0, 0.05) is 36.1 Å². The minimum absolute atomic E-state index is 0.0224. The Kier molecular flexibility index (Phi) is 5.18. The molecule has 150 valence electrons. The number of anilines is 4. The molecule has 0 saturated heterocycles. The Bertz CT molecular complexity index is 1230. The Morgan fingerprint density at radius 1 is 1.10 bits per heavy atom. The number of rotatable bonds is 6. The zero-order valence-corrected chi connectivity index (χ0v) is 16.6. The Labute approximate surface area is 175 Å². The molecule has 4 rings (SSSR count). The molecule has 0 aliphatic rings. The van der Waals surface area contributed by atoms with E-state index in [0.29, 0.717) is 11.5 Å². The summed E-state index contributed by atoms with van der Waals surface area (Å²) < 4.78 is 0. The number of para-hydroxylation sites is 1. The smallest absolute Gasteiger partial charge is 0.271 e. The monoisotopic (exact) mass is 420 g/mol. The summed E-state index contributed by atoms with van der Waals surface area (Å²) in [7, 11) is 1.84. The van der Waals surface area contributed by atoms with Crippen molar-refractivity contribution < 1.29 is 4.92 Å². The minimum atomic E-state index is -0.471. The summed E-state index contributed by atoms with van der Waals surface area (Å²) in [5.74, 6) is 0.562. The first-order valence-electron chi connectivity index (χ1n) is 8.79. The molecular formula is C19H16N8O2S. The van der Waals surface area contributed by atoms with Gasteiger partial charge in [0.15, 0.2) is 5.82 Å². The molecule has 2 aromatic carbocycles. The van der Waals surface area contributed by atoms with Crippen LogP contribution in [-0.4, -0.2) is 31.9 Å². The van der Waals surface area contributed by atoms with Crippen LogP contribution in [0.1, 0.15) is 0 Å². The van der Waals surface area contributed by atoms with E-state index in [4.69, 9.17) is 5.73 Å². The fraction of sp³-hybridized carbons (Fsp3) is 0.0526. The number of nitrogen functional groups attached to an aromatic ring is 1. The number of aromatic nitrogens is 4. The van der Waals surface area contributed by atoms with Gasteiger partial charge in [-0.1, -0.05) is 24.3 Å². The number of nitro groups is 1. The van der Waals surface area contributed by atoms with Crippen molar-refractivity contribution in [3.63, 3.8) is 0 Å². The van der Waals surface area contributed by atoms with Crippen LogP contribution in [-0.2, 0) is 0 Å². The predicted molar refractivity (Wildman–Crippen MR) is 117 cm³/mol. The van der Waals surface area contributed by atoms with Crippen molar-refractivity contribution >= 4 is 40.3 Å². The highest BCUT2D eigenvalue weighted by molar-refractivity contribution is 7.13. The van der Waals surface area contributed by atoms with Crippen molar-refractivity contribution in [3.8, 4) is 22.0 Å². The second kappa shape index (κ2) is 8.09. The van der Waals surface area contributed by atoms with Crippen LogP contribution in [0.15, 0.2) is 54.0 Å². The van der Waals surface area contributed by atoms with Crippen molar-refractivity contribution in [2.45, 2.75) is 0 Å². The first-order valence-corrected chi connectivity index (χ1v) is 9.67. The van der Waals surface area contributed by atoms with Crippen molar-refractivity contribution in [1.82, 2.24) is 19.9 Å². The lowest BCUT2D eigenvalue weighted by Gasteiger charge is -2.10. The summed E-state index contributed by atoms with van der Waals surface area (Å²) in [4.78, 5) is 28.6. The third-order valence-electron chi connectivity index (χ3n) is 4.19. The molecule has 0 spiro atoms. The SMILES string of the molecule is CNc1ccccc1-c1ncsc1-c1nc(N)nc(Nc2cccc([N+](=O)[O-])c2)n1. The topological polar surface area (TPSA) is 145 Å². The van der Waals surface area contributed by atoms with E-state index in [1.165, 1.54) is 23.5 Å². The maximum Gasteiger partial charge on any atom is 0.271 e. The van der Waals surface area contributed by atoms with Crippen molar-refractivity contribution in [2.24, 2.45) is 0 Å². The van der Waals surface area contributed by atoms with Gasteiger partial charge in [0.1, 0.15) is 0 Å². The fourth-order valence-electron chi connectivity index (χ4n) is 2.88. The number of non-ortho nitro benzene ring substituents is 1. The summed E-state index contributed by atoms with van der Waals surface area (Å²) in [6, 6.07) is 13.8. The van der Waals surface area contributed by atoms with E-state index >= 15 is 0 Å². The Morgan fingerprint density at radius 3 is 2.73 bits per heavy atom. The van der Waals surface area contributed by atoms with Crippen LogP contribution in [0.2, 0.25) is 0 Å². The molecule has 0 unspecified atom stereocenters. The standard InChI is InChI=1S/C19H16N8O2S/c1-21-14-8-3-2-7-13(14)15-16(30-10-22-15)17-24-18(20)26-19(25-17)23-11-5-4-6-12(9-11)27(28)29/h2-10,21H,1H3,(H3,20,23,24,25,26). The molecule has 10 nitrogen and oxygen atoms in total. The number of benzene rings is 2. The summed E-state index contributed by atoms with van der Waals surface area (Å²) in [6.07, 6.45) is 0. The Balaban J connectivity index is 1.73. The maximum absolute atomic E-state index is 11.0. The molecule has 0 atom stereocenters. The molecule has 30 heavy (non-hydrogen) atoms. The second-order valence-electron chi connectivity index (χ2n) is 6.10. The van der Waals surface area contributed by atoms with Gasteiger partial charge in [0.05, 0.1) is 21.0 Å². The zero-order valence-electron chi connectivity index (χ0n) is 15.7. The lowest BCUT2D eigenvalue weighted by Crippen LogP contribution is -2.05. The van der Waals surface area contributed by atoms with E-state index in [-0.39, 0.29) is 17.6 Å². The molecular weight excluding hydrogens is 404 g/mol. The highest BCUT2D eigenvalue weighted by atomic mass is 32.1. The molecule has 4 N–H and O–H groups in total. The third-order valence-corrected chi connectivity index (χ3v) is 5.01. The van der Waals surface area contributed by atoms with Gasteiger partial charge < -0.3 is 16.4 Å². The molecule has 0 bridgehead atoms. The van der Waals surface area contributed by atoms with E-state index in [9.17, 15) is 10.1 Å². The van der Waals surface area contributed by atoms with Gasteiger partial charge in [-0.05, 0) is 12.1 Å². The summed E-state index contributed by atoms with van der Waals surface area (Å²) in [6.45, 7) is 0. The average Bonchev–Trinajstić information content (AvgIpc) is 3.23. The number of thiazole rings is 1. The van der Waals surface area contributed by atoms with E-state index in [1.54, 1.807) is 17.6 Å². The van der Waals surface area contributed by atoms with Crippen LogP contribution in [0.5, 0.6) is 0 Å². The summed E-state index contributed by atoms with van der Waals surface area (Å²) >= 11 is 1.38. The van der Waals surface area contributed by atoms with Gasteiger partial charge in [0.25, 0.3) is 5.69 Å². The Hall–Kier alpha value is -4.12. The average molecular weight is 420 g/mol. The number of nitro benzene ring substituents is 1. The van der Waals surface area contributed by atoms with Crippen LogP contribution < -0.4 is 16.4 Å². The zero-order chi connectivity index (χ0) is 21.1. The van der Waals surface area contributed by atoms with Gasteiger partial charge in [-0.2, -0.15) is 15.0 Å². The van der Waals surface area contributed by atoms with Crippen molar-refractivity contribution in [2.75, 3.05) is 23.4 Å². The van der Waals surface area contributed by atoms with E-state index in [2.05, 4.69) is 30.6 Å². The lowest BCUT2D eigenvalue weighted by atomic mass is 10.1. The molecule has 0 fully saturated rings. The van der Waals surface area contributed by atoms with Crippen molar-refractivity contribution in [3.05, 3.63) is 64.2 Å². The van der Waals surface area contributed by atoms with Crippen LogP contribution in [0.25, 0.3) is 22.0 Å². The molecule has 0 amide bonds. The Morgan fingerprint density at radius 2 is 1.93 bits per heavy atom.